The van der Waals surface area contributed by atoms with Gasteiger partial charge in [-0.2, -0.15) is 11.8 Å². The third kappa shape index (κ3) is 4.22. The van der Waals surface area contributed by atoms with Crippen LogP contribution in [0.15, 0.2) is 18.2 Å². The van der Waals surface area contributed by atoms with E-state index >= 15 is 0 Å². The molecule has 0 aromatic heterocycles. The van der Waals surface area contributed by atoms with Crippen LogP contribution in [0.2, 0.25) is 0 Å². The van der Waals surface area contributed by atoms with Crippen LogP contribution < -0.4 is 5.32 Å². The molecule has 0 bridgehead atoms. The molecule has 0 saturated carbocycles. The number of hydrogen-bond donors (Lipinski definition) is 1. The Morgan fingerprint density at radius 2 is 2.12 bits per heavy atom. The lowest BCUT2D eigenvalue weighted by atomic mass is 10.2. The van der Waals surface area contributed by atoms with E-state index in [-0.39, 0.29) is 10.4 Å². The molecule has 0 aliphatic rings. The highest BCUT2D eigenvalue weighted by Crippen LogP contribution is 2.24. The largest absolute Gasteiger partial charge is 0.383 e. The quantitative estimate of drug-likeness (QED) is 0.650. The van der Waals surface area contributed by atoms with Gasteiger partial charge >= 0.3 is 0 Å². The van der Waals surface area contributed by atoms with Crippen LogP contribution in [0.3, 0.4) is 0 Å². The van der Waals surface area contributed by atoms with Crippen LogP contribution in [-0.2, 0) is 0 Å². The van der Waals surface area contributed by atoms with Crippen LogP contribution >= 0.6 is 11.8 Å². The number of halogens is 1. The van der Waals surface area contributed by atoms with Crippen molar-refractivity contribution < 1.29 is 9.31 Å². The molecule has 1 aromatic rings. The highest BCUT2D eigenvalue weighted by atomic mass is 32.2. The molecule has 1 rings (SSSR count). The molecule has 4 nitrogen and oxygen atoms in total. The summed E-state index contributed by atoms with van der Waals surface area (Å²) in [5.74, 6) is -0.608. The minimum absolute atomic E-state index is 0.0128. The number of nitro benzene ring substituents is 1. The van der Waals surface area contributed by atoms with Gasteiger partial charge in [-0.15, -0.1) is 0 Å². The van der Waals surface area contributed by atoms with Gasteiger partial charge in [0.1, 0.15) is 5.82 Å². The molecule has 0 spiro atoms. The second-order valence-electron chi connectivity index (χ2n) is 4.27. The van der Waals surface area contributed by atoms with Gasteiger partial charge in [-0.25, -0.2) is 4.39 Å². The second kappa shape index (κ2) is 5.35. The Morgan fingerprint density at radius 1 is 1.47 bits per heavy atom. The van der Waals surface area contributed by atoms with Gasteiger partial charge in [-0.3, -0.25) is 10.1 Å². The maximum absolute atomic E-state index is 13.1. The summed E-state index contributed by atoms with van der Waals surface area (Å²) in [6.07, 6.45) is 1.98. The molecule has 0 aliphatic carbocycles. The number of nitro groups is 1. The van der Waals surface area contributed by atoms with Crippen molar-refractivity contribution in [2.45, 2.75) is 18.6 Å². The Balaban J connectivity index is 2.81. The van der Waals surface area contributed by atoms with Gasteiger partial charge in [0.25, 0.3) is 5.69 Å². The zero-order valence-electron chi connectivity index (χ0n) is 9.99. The number of anilines is 1. The molecule has 6 heteroatoms. The highest BCUT2D eigenvalue weighted by Gasteiger charge is 2.16. The molecule has 0 saturated heterocycles. The summed E-state index contributed by atoms with van der Waals surface area (Å²) in [4.78, 5) is 9.97. The van der Waals surface area contributed by atoms with Crippen LogP contribution in [-0.4, -0.2) is 22.5 Å². The summed E-state index contributed by atoms with van der Waals surface area (Å²) in [5, 5.41) is 13.6. The minimum Gasteiger partial charge on any atom is -0.383 e. The molecule has 1 aromatic carbocycles. The molecule has 0 aliphatic heterocycles. The van der Waals surface area contributed by atoms with Crippen LogP contribution in [0.4, 0.5) is 15.8 Å². The first-order chi connectivity index (χ1) is 7.84. The van der Waals surface area contributed by atoms with E-state index in [0.29, 0.717) is 12.2 Å². The van der Waals surface area contributed by atoms with E-state index in [4.69, 9.17) is 0 Å². The molecule has 94 valence electrons. The van der Waals surface area contributed by atoms with Gasteiger partial charge in [-0.1, -0.05) is 0 Å². The molecular formula is C11H15FN2O2S. The van der Waals surface area contributed by atoms with E-state index in [1.165, 1.54) is 12.1 Å². The number of nitrogens with one attached hydrogen (secondary N) is 1. The maximum atomic E-state index is 13.1. The Bertz CT molecular complexity index is 424. The average molecular weight is 258 g/mol. The topological polar surface area (TPSA) is 55.2 Å². The fourth-order valence-electron chi connectivity index (χ4n) is 1.17. The summed E-state index contributed by atoms with van der Waals surface area (Å²) >= 11 is 1.67. The molecule has 1 N–H and O–H groups in total. The monoisotopic (exact) mass is 258 g/mol. The first-order valence-corrected chi connectivity index (χ1v) is 6.30. The Kier molecular flexibility index (Phi) is 4.34. The Labute approximate surface area is 104 Å². The molecule has 0 amide bonds. The van der Waals surface area contributed by atoms with Crippen molar-refractivity contribution in [3.05, 3.63) is 34.1 Å². The predicted molar refractivity (Wildman–Crippen MR) is 69.1 cm³/mol. The molecule has 0 atom stereocenters. The molecular weight excluding hydrogens is 243 g/mol. The third-order valence-electron chi connectivity index (χ3n) is 2.36. The zero-order chi connectivity index (χ0) is 13.1. The second-order valence-corrected chi connectivity index (χ2v) is 5.79. The molecule has 0 heterocycles. The van der Waals surface area contributed by atoms with E-state index in [9.17, 15) is 14.5 Å². The van der Waals surface area contributed by atoms with E-state index in [1.807, 2.05) is 20.1 Å². The number of nitrogens with zero attached hydrogens (tertiary/aromatic N) is 1. The molecule has 0 radical (unpaired) electrons. The Morgan fingerprint density at radius 3 is 2.65 bits per heavy atom. The summed E-state index contributed by atoms with van der Waals surface area (Å²) in [7, 11) is 0. The summed E-state index contributed by atoms with van der Waals surface area (Å²) in [6, 6.07) is 3.49. The van der Waals surface area contributed by atoms with Crippen molar-refractivity contribution in [1.29, 1.82) is 0 Å². The van der Waals surface area contributed by atoms with Crippen LogP contribution in [0.5, 0.6) is 0 Å². The van der Waals surface area contributed by atoms with Crippen molar-refractivity contribution in [2.24, 2.45) is 0 Å². The van der Waals surface area contributed by atoms with Crippen LogP contribution in [0, 0.1) is 15.9 Å². The number of rotatable bonds is 5. The maximum Gasteiger partial charge on any atom is 0.274 e. The van der Waals surface area contributed by atoms with Gasteiger partial charge < -0.3 is 5.32 Å². The lowest BCUT2D eigenvalue weighted by molar-refractivity contribution is -0.385. The average Bonchev–Trinajstić information content (AvgIpc) is 2.26. The minimum atomic E-state index is -0.608. The Hall–Kier alpha value is -1.30. The van der Waals surface area contributed by atoms with Crippen molar-refractivity contribution in [1.82, 2.24) is 0 Å². The van der Waals surface area contributed by atoms with Crippen molar-refractivity contribution in [2.75, 3.05) is 18.1 Å². The highest BCUT2D eigenvalue weighted by molar-refractivity contribution is 7.99. The number of non-ortho nitro benzene ring substituents is 1. The smallest absolute Gasteiger partial charge is 0.274 e. The van der Waals surface area contributed by atoms with Gasteiger partial charge in [0.15, 0.2) is 0 Å². The lowest BCUT2D eigenvalue weighted by Crippen LogP contribution is -2.25. The van der Waals surface area contributed by atoms with Gasteiger partial charge in [0.2, 0.25) is 0 Å². The summed E-state index contributed by atoms with van der Waals surface area (Å²) in [6.45, 7) is 4.69. The first-order valence-electron chi connectivity index (χ1n) is 5.08. The molecule has 17 heavy (non-hydrogen) atoms. The number of hydrogen-bond acceptors (Lipinski definition) is 4. The lowest BCUT2D eigenvalue weighted by Gasteiger charge is -2.22. The van der Waals surface area contributed by atoms with Crippen LogP contribution in [0.25, 0.3) is 0 Å². The SMILES string of the molecule is CSC(C)(C)CNc1cc(F)cc([N+](=O)[O-])c1. The van der Waals surface area contributed by atoms with Gasteiger partial charge in [0, 0.05) is 23.0 Å². The van der Waals surface area contributed by atoms with E-state index in [0.717, 1.165) is 6.07 Å². The predicted octanol–water partition coefficient (Wildman–Crippen LogP) is 3.29. The van der Waals surface area contributed by atoms with Crippen molar-refractivity contribution in [3.8, 4) is 0 Å². The van der Waals surface area contributed by atoms with E-state index in [2.05, 4.69) is 5.32 Å². The third-order valence-corrected chi connectivity index (χ3v) is 3.61. The fourth-order valence-corrected chi connectivity index (χ4v) is 1.39. The number of benzene rings is 1. The summed E-state index contributed by atoms with van der Waals surface area (Å²) in [5.41, 5.74) is 0.188. The van der Waals surface area contributed by atoms with Gasteiger partial charge in [-0.05, 0) is 26.2 Å². The van der Waals surface area contributed by atoms with Gasteiger partial charge in [0.05, 0.1) is 11.0 Å². The van der Waals surface area contributed by atoms with Crippen molar-refractivity contribution in [3.63, 3.8) is 0 Å². The zero-order valence-corrected chi connectivity index (χ0v) is 10.8. The van der Waals surface area contributed by atoms with Crippen molar-refractivity contribution >= 4 is 23.1 Å². The van der Waals surface area contributed by atoms with E-state index in [1.54, 1.807) is 11.8 Å². The first kappa shape index (κ1) is 13.8. The van der Waals surface area contributed by atoms with Crippen LogP contribution in [0.1, 0.15) is 13.8 Å². The number of thioether (sulfide) groups is 1. The normalized spacial score (nSPS) is 11.3. The molecule has 0 unspecified atom stereocenters. The fraction of sp³-hybridized carbons (Fsp3) is 0.455. The summed E-state index contributed by atoms with van der Waals surface area (Å²) < 4.78 is 13.1. The standard InChI is InChI=1S/C11H15FN2O2S/c1-11(2,17-3)7-13-9-4-8(12)5-10(6-9)14(15)16/h4-6,13H,7H2,1-3H3. The van der Waals surface area contributed by atoms with E-state index < -0.39 is 10.7 Å². The molecule has 0 fully saturated rings.